The molecule has 7 heteroatoms. The number of fused-ring (bicyclic) bond motifs is 2. The number of hydrogen-bond donors (Lipinski definition) is 2. The molecule has 4 rings (SSSR count). The van der Waals surface area contributed by atoms with Crippen molar-refractivity contribution in [2.24, 2.45) is 7.05 Å². The monoisotopic (exact) mass is 340 g/mol. The fourth-order valence-corrected chi connectivity index (χ4v) is 4.01. The van der Waals surface area contributed by atoms with Gasteiger partial charge >= 0.3 is 0 Å². The minimum absolute atomic E-state index is 0.0553. The zero-order chi connectivity index (χ0) is 17.6. The number of non-ortho nitro benzene ring substituents is 1. The molecule has 0 saturated carbocycles. The lowest BCUT2D eigenvalue weighted by Gasteiger charge is -2.21. The lowest BCUT2D eigenvalue weighted by Crippen LogP contribution is -2.43. The predicted octanol–water partition coefficient (Wildman–Crippen LogP) is 2.22. The summed E-state index contributed by atoms with van der Waals surface area (Å²) in [6.45, 7) is 0. The van der Waals surface area contributed by atoms with Crippen LogP contribution < -0.4 is 10.6 Å². The Bertz CT molecular complexity index is 827. The number of aromatic nitrogens is 1. The second-order valence-corrected chi connectivity index (χ2v) is 6.83. The molecule has 1 amide bonds. The van der Waals surface area contributed by atoms with E-state index in [4.69, 9.17) is 0 Å². The number of nitrogens with zero attached hydrogens (tertiary/aromatic N) is 2. The van der Waals surface area contributed by atoms with Crippen LogP contribution >= 0.6 is 0 Å². The first kappa shape index (κ1) is 15.8. The van der Waals surface area contributed by atoms with E-state index < -0.39 is 4.92 Å². The van der Waals surface area contributed by atoms with Crippen LogP contribution in [0.3, 0.4) is 0 Å². The molecule has 2 aliphatic rings. The lowest BCUT2D eigenvalue weighted by molar-refractivity contribution is -0.384. The third-order valence-electron chi connectivity index (χ3n) is 5.34. The highest BCUT2D eigenvalue weighted by Gasteiger charge is 2.39. The van der Waals surface area contributed by atoms with E-state index in [1.54, 1.807) is 18.2 Å². The molecule has 1 aromatic heterocycles. The summed E-state index contributed by atoms with van der Waals surface area (Å²) < 4.78 is 1.83. The molecule has 25 heavy (non-hydrogen) atoms. The molecule has 3 atom stereocenters. The summed E-state index contributed by atoms with van der Waals surface area (Å²) in [6.07, 6.45) is 3.32. The van der Waals surface area contributed by atoms with E-state index in [1.165, 1.54) is 18.6 Å². The van der Waals surface area contributed by atoms with Crippen molar-refractivity contribution in [1.29, 1.82) is 0 Å². The Kier molecular flexibility index (Phi) is 3.80. The average Bonchev–Trinajstić information content (AvgIpc) is 3.30. The molecule has 2 bridgehead atoms. The van der Waals surface area contributed by atoms with Crippen LogP contribution in [0.2, 0.25) is 0 Å². The van der Waals surface area contributed by atoms with Crippen molar-refractivity contribution in [3.05, 3.63) is 52.2 Å². The molecule has 2 saturated heterocycles. The van der Waals surface area contributed by atoms with Gasteiger partial charge in [0, 0.05) is 43.0 Å². The Morgan fingerprint density at radius 3 is 2.60 bits per heavy atom. The van der Waals surface area contributed by atoms with Gasteiger partial charge in [-0.15, -0.1) is 0 Å². The molecule has 1 aromatic carbocycles. The molecule has 7 nitrogen and oxygen atoms in total. The number of hydrogen-bond acceptors (Lipinski definition) is 4. The van der Waals surface area contributed by atoms with E-state index in [-0.39, 0.29) is 17.6 Å². The molecule has 130 valence electrons. The molecule has 0 radical (unpaired) electrons. The number of benzene rings is 1. The van der Waals surface area contributed by atoms with E-state index in [1.807, 2.05) is 17.7 Å². The maximum Gasteiger partial charge on any atom is 0.269 e. The van der Waals surface area contributed by atoms with E-state index >= 15 is 0 Å². The van der Waals surface area contributed by atoms with E-state index in [9.17, 15) is 14.9 Å². The number of amides is 1. The summed E-state index contributed by atoms with van der Waals surface area (Å²) in [5, 5.41) is 17.4. The first-order valence-corrected chi connectivity index (χ1v) is 8.50. The minimum Gasteiger partial charge on any atom is -0.346 e. The molecule has 0 unspecified atom stereocenters. The highest BCUT2D eigenvalue weighted by Crippen LogP contribution is 2.29. The van der Waals surface area contributed by atoms with Crippen LogP contribution in [0.1, 0.15) is 29.8 Å². The zero-order valence-electron chi connectivity index (χ0n) is 13.9. The Balaban J connectivity index is 1.52. The van der Waals surface area contributed by atoms with Crippen LogP contribution in [-0.4, -0.2) is 33.5 Å². The summed E-state index contributed by atoms with van der Waals surface area (Å²) >= 11 is 0. The molecule has 0 aliphatic carbocycles. The van der Waals surface area contributed by atoms with Crippen LogP contribution in [-0.2, 0) is 7.05 Å². The third-order valence-corrected chi connectivity index (χ3v) is 5.34. The maximum atomic E-state index is 12.6. The van der Waals surface area contributed by atoms with Crippen molar-refractivity contribution >= 4 is 11.6 Å². The molecule has 2 fully saturated rings. The second kappa shape index (κ2) is 6.00. The molecular weight excluding hydrogens is 320 g/mol. The Morgan fingerprint density at radius 1 is 1.24 bits per heavy atom. The van der Waals surface area contributed by atoms with Crippen LogP contribution in [0.25, 0.3) is 11.3 Å². The Morgan fingerprint density at radius 2 is 2.00 bits per heavy atom. The van der Waals surface area contributed by atoms with Crippen LogP contribution in [0.4, 0.5) is 5.69 Å². The van der Waals surface area contributed by atoms with Gasteiger partial charge in [0.25, 0.3) is 11.6 Å². The normalized spacial score (nSPS) is 24.4. The highest BCUT2D eigenvalue weighted by molar-refractivity contribution is 5.94. The van der Waals surface area contributed by atoms with Gasteiger partial charge in [-0.25, -0.2) is 0 Å². The summed E-state index contributed by atoms with van der Waals surface area (Å²) in [5.74, 6) is -0.0741. The number of carbonyl (C=O) groups is 1. The Labute approximate surface area is 145 Å². The fourth-order valence-electron chi connectivity index (χ4n) is 4.01. The Hall–Kier alpha value is -2.67. The number of carbonyl (C=O) groups excluding carboxylic acids is 1. The van der Waals surface area contributed by atoms with Gasteiger partial charge in [0.05, 0.1) is 4.92 Å². The van der Waals surface area contributed by atoms with E-state index in [0.717, 1.165) is 24.1 Å². The molecule has 2 aliphatic heterocycles. The zero-order valence-corrected chi connectivity index (χ0v) is 13.9. The fraction of sp³-hybridized carbons (Fsp3) is 0.389. The summed E-state index contributed by atoms with van der Waals surface area (Å²) in [6, 6.07) is 11.2. The van der Waals surface area contributed by atoms with Crippen LogP contribution in [0, 0.1) is 10.1 Å². The third kappa shape index (κ3) is 2.80. The van der Waals surface area contributed by atoms with Gasteiger partial charge in [-0.05, 0) is 49.1 Å². The molecule has 2 aromatic rings. The number of rotatable bonds is 4. The minimum atomic E-state index is -0.420. The number of nitrogens with one attached hydrogen (secondary N) is 2. The second-order valence-electron chi connectivity index (χ2n) is 6.83. The van der Waals surface area contributed by atoms with Crippen LogP contribution in [0.5, 0.6) is 0 Å². The highest BCUT2D eigenvalue weighted by atomic mass is 16.6. The molecule has 3 heterocycles. The molecular formula is C18H20N4O3. The smallest absolute Gasteiger partial charge is 0.269 e. The van der Waals surface area contributed by atoms with Crippen molar-refractivity contribution in [1.82, 2.24) is 15.2 Å². The van der Waals surface area contributed by atoms with Gasteiger partial charge in [-0.3, -0.25) is 14.9 Å². The predicted molar refractivity (Wildman–Crippen MR) is 93.3 cm³/mol. The largest absolute Gasteiger partial charge is 0.346 e. The molecule has 2 N–H and O–H groups in total. The topological polar surface area (TPSA) is 89.2 Å². The van der Waals surface area contributed by atoms with Crippen molar-refractivity contribution < 1.29 is 9.72 Å². The van der Waals surface area contributed by atoms with Crippen molar-refractivity contribution in [2.45, 2.75) is 37.4 Å². The summed E-state index contributed by atoms with van der Waals surface area (Å²) in [7, 11) is 1.84. The standard InChI is InChI=1S/C18H20N4O3/c1-21-16(11-2-5-13(6-3-11)22(24)25)8-9-17(21)18(23)20-15-10-12-4-7-14(15)19-12/h2-3,5-6,8-9,12,14-15,19H,4,7,10H2,1H3,(H,20,23)/t12-,14+,15-/m1/s1. The van der Waals surface area contributed by atoms with E-state index in [2.05, 4.69) is 10.6 Å². The van der Waals surface area contributed by atoms with Gasteiger partial charge < -0.3 is 15.2 Å². The first-order valence-electron chi connectivity index (χ1n) is 8.50. The summed E-state index contributed by atoms with van der Waals surface area (Å²) in [4.78, 5) is 23.0. The average molecular weight is 340 g/mol. The lowest BCUT2D eigenvalue weighted by atomic mass is 9.95. The van der Waals surface area contributed by atoms with Crippen molar-refractivity contribution in [2.75, 3.05) is 0 Å². The van der Waals surface area contributed by atoms with Crippen molar-refractivity contribution in [3.63, 3.8) is 0 Å². The van der Waals surface area contributed by atoms with Gasteiger partial charge in [0.1, 0.15) is 5.69 Å². The number of nitro benzene ring substituents is 1. The quantitative estimate of drug-likeness (QED) is 0.660. The number of nitro groups is 1. The summed E-state index contributed by atoms with van der Waals surface area (Å²) in [5.41, 5.74) is 2.34. The maximum absolute atomic E-state index is 12.6. The van der Waals surface area contributed by atoms with E-state index in [0.29, 0.717) is 17.8 Å². The van der Waals surface area contributed by atoms with Crippen molar-refractivity contribution in [3.8, 4) is 11.3 Å². The van der Waals surface area contributed by atoms with Crippen LogP contribution in [0.15, 0.2) is 36.4 Å². The SMILES string of the molecule is Cn1c(C(=O)N[C@@H]2C[C@H]3CC[C@@H]2N3)ccc1-c1ccc([N+](=O)[O-])cc1. The molecule has 0 spiro atoms. The van der Waals surface area contributed by atoms with Gasteiger partial charge in [0.2, 0.25) is 0 Å². The van der Waals surface area contributed by atoms with Gasteiger partial charge in [-0.2, -0.15) is 0 Å². The van der Waals surface area contributed by atoms with Gasteiger partial charge in [0.15, 0.2) is 0 Å². The first-order chi connectivity index (χ1) is 12.0. The van der Waals surface area contributed by atoms with Gasteiger partial charge in [-0.1, -0.05) is 0 Å².